The van der Waals surface area contributed by atoms with E-state index in [4.69, 9.17) is 4.74 Å². The average Bonchev–Trinajstić information content (AvgIpc) is 2.37. The second-order valence-electron chi connectivity index (χ2n) is 4.10. The van der Waals surface area contributed by atoms with Crippen LogP contribution in [0.15, 0.2) is 12.1 Å². The molecule has 102 valence electrons. The van der Waals surface area contributed by atoms with Gasteiger partial charge in [0.05, 0.1) is 7.11 Å². The minimum absolute atomic E-state index is 0.0682. The van der Waals surface area contributed by atoms with E-state index in [-0.39, 0.29) is 11.8 Å². The van der Waals surface area contributed by atoms with Gasteiger partial charge in [0.25, 0.3) is 0 Å². The van der Waals surface area contributed by atoms with Crippen molar-refractivity contribution in [2.24, 2.45) is 0 Å². The van der Waals surface area contributed by atoms with Gasteiger partial charge in [-0.25, -0.2) is 8.78 Å². The summed E-state index contributed by atoms with van der Waals surface area (Å²) in [5, 5.41) is 6.03. The Morgan fingerprint density at radius 2 is 1.94 bits per heavy atom. The van der Waals surface area contributed by atoms with Gasteiger partial charge in [-0.15, -0.1) is 0 Å². The standard InChI is InChI=1S/C13H20F2N2O/c1-16-6-4-5-12(17-2)9-7-11(15)13(18-3)8-10(9)14/h7-8,12,16-17H,4-6H2,1-3H3. The van der Waals surface area contributed by atoms with Crippen molar-refractivity contribution in [1.82, 2.24) is 10.6 Å². The van der Waals surface area contributed by atoms with Crippen LogP contribution in [-0.4, -0.2) is 27.7 Å². The molecule has 0 spiro atoms. The minimum atomic E-state index is -0.539. The number of hydrogen-bond donors (Lipinski definition) is 2. The molecule has 0 heterocycles. The lowest BCUT2D eigenvalue weighted by molar-refractivity contribution is 0.379. The second kappa shape index (κ2) is 7.28. The Bertz CT molecular complexity index is 385. The zero-order valence-corrected chi connectivity index (χ0v) is 11.0. The van der Waals surface area contributed by atoms with Crippen LogP contribution in [0.25, 0.3) is 0 Å². The summed E-state index contributed by atoms with van der Waals surface area (Å²) in [6.45, 7) is 0.846. The average molecular weight is 258 g/mol. The van der Waals surface area contributed by atoms with Gasteiger partial charge in [0, 0.05) is 17.7 Å². The monoisotopic (exact) mass is 258 g/mol. The van der Waals surface area contributed by atoms with Gasteiger partial charge in [-0.3, -0.25) is 0 Å². The van der Waals surface area contributed by atoms with Gasteiger partial charge in [0.15, 0.2) is 11.6 Å². The number of halogens is 2. The molecule has 0 bridgehead atoms. The van der Waals surface area contributed by atoms with Crippen LogP contribution in [0.3, 0.4) is 0 Å². The van der Waals surface area contributed by atoms with Crippen molar-refractivity contribution in [3.05, 3.63) is 29.3 Å². The molecule has 0 aliphatic heterocycles. The maximum atomic E-state index is 13.9. The summed E-state index contributed by atoms with van der Waals surface area (Å²) in [6.07, 6.45) is 1.62. The SMILES string of the molecule is CNCCCC(NC)c1cc(F)c(OC)cc1F. The molecule has 3 nitrogen and oxygen atoms in total. The van der Waals surface area contributed by atoms with Gasteiger partial charge >= 0.3 is 0 Å². The lowest BCUT2D eigenvalue weighted by Crippen LogP contribution is -2.20. The molecule has 0 amide bonds. The zero-order chi connectivity index (χ0) is 13.5. The Morgan fingerprint density at radius 3 is 2.50 bits per heavy atom. The topological polar surface area (TPSA) is 33.3 Å². The molecule has 18 heavy (non-hydrogen) atoms. The first kappa shape index (κ1) is 14.9. The molecular formula is C13H20F2N2O. The van der Waals surface area contributed by atoms with Crippen LogP contribution in [0, 0.1) is 11.6 Å². The highest BCUT2D eigenvalue weighted by Crippen LogP contribution is 2.27. The van der Waals surface area contributed by atoms with Gasteiger partial charge in [-0.1, -0.05) is 0 Å². The van der Waals surface area contributed by atoms with Crippen molar-refractivity contribution in [3.8, 4) is 5.75 Å². The van der Waals surface area contributed by atoms with Crippen LogP contribution >= 0.6 is 0 Å². The van der Waals surface area contributed by atoms with Crippen molar-refractivity contribution >= 4 is 0 Å². The van der Waals surface area contributed by atoms with Crippen LogP contribution in [0.5, 0.6) is 5.75 Å². The molecule has 0 fully saturated rings. The Labute approximate surface area is 107 Å². The number of hydrogen-bond acceptors (Lipinski definition) is 3. The fourth-order valence-corrected chi connectivity index (χ4v) is 1.91. The molecule has 0 aliphatic rings. The lowest BCUT2D eigenvalue weighted by Gasteiger charge is -2.18. The first-order valence-corrected chi connectivity index (χ1v) is 5.98. The van der Waals surface area contributed by atoms with Crippen LogP contribution in [0.4, 0.5) is 8.78 Å². The van der Waals surface area contributed by atoms with E-state index in [1.165, 1.54) is 13.2 Å². The molecule has 0 aliphatic carbocycles. The van der Waals surface area contributed by atoms with Crippen LogP contribution < -0.4 is 15.4 Å². The molecule has 2 N–H and O–H groups in total. The number of nitrogens with one attached hydrogen (secondary N) is 2. The minimum Gasteiger partial charge on any atom is -0.494 e. The highest BCUT2D eigenvalue weighted by atomic mass is 19.1. The lowest BCUT2D eigenvalue weighted by atomic mass is 10.0. The molecule has 5 heteroatoms. The third-order valence-corrected chi connectivity index (χ3v) is 2.91. The highest BCUT2D eigenvalue weighted by molar-refractivity contribution is 5.32. The maximum Gasteiger partial charge on any atom is 0.165 e. The summed E-state index contributed by atoms with van der Waals surface area (Å²) >= 11 is 0. The van der Waals surface area contributed by atoms with Gasteiger partial charge in [-0.2, -0.15) is 0 Å². The Hall–Kier alpha value is -1.20. The second-order valence-corrected chi connectivity index (χ2v) is 4.10. The predicted molar refractivity (Wildman–Crippen MR) is 67.9 cm³/mol. The van der Waals surface area contributed by atoms with Crippen molar-refractivity contribution in [2.75, 3.05) is 27.7 Å². The molecule has 0 saturated carbocycles. The van der Waals surface area contributed by atoms with E-state index >= 15 is 0 Å². The molecule has 0 saturated heterocycles. The largest absolute Gasteiger partial charge is 0.494 e. The summed E-state index contributed by atoms with van der Waals surface area (Å²) in [4.78, 5) is 0. The van der Waals surface area contributed by atoms with Crippen molar-refractivity contribution in [3.63, 3.8) is 0 Å². The smallest absolute Gasteiger partial charge is 0.165 e. The van der Waals surface area contributed by atoms with E-state index in [2.05, 4.69) is 10.6 Å². The molecule has 1 atom stereocenters. The third-order valence-electron chi connectivity index (χ3n) is 2.91. The van der Waals surface area contributed by atoms with Crippen molar-refractivity contribution in [2.45, 2.75) is 18.9 Å². The molecule has 0 radical (unpaired) electrons. The first-order valence-electron chi connectivity index (χ1n) is 5.98. The Morgan fingerprint density at radius 1 is 1.22 bits per heavy atom. The van der Waals surface area contributed by atoms with Crippen molar-refractivity contribution < 1.29 is 13.5 Å². The van der Waals surface area contributed by atoms with Gasteiger partial charge < -0.3 is 15.4 Å². The van der Waals surface area contributed by atoms with Crippen molar-refractivity contribution in [1.29, 1.82) is 0 Å². The van der Waals surface area contributed by atoms with E-state index in [0.717, 1.165) is 25.5 Å². The van der Waals surface area contributed by atoms with E-state index in [1.54, 1.807) is 7.05 Å². The summed E-state index contributed by atoms with van der Waals surface area (Å²) in [5.41, 5.74) is 0.340. The molecule has 1 aromatic rings. The van der Waals surface area contributed by atoms with E-state index < -0.39 is 11.6 Å². The third kappa shape index (κ3) is 3.65. The summed E-state index contributed by atoms with van der Waals surface area (Å²) in [5.74, 6) is -1.05. The normalized spacial score (nSPS) is 12.5. The van der Waals surface area contributed by atoms with Crippen LogP contribution in [0.2, 0.25) is 0 Å². The summed E-state index contributed by atoms with van der Waals surface area (Å²) in [7, 11) is 4.92. The molecule has 1 unspecified atom stereocenters. The highest BCUT2D eigenvalue weighted by Gasteiger charge is 2.17. The van der Waals surface area contributed by atoms with Gasteiger partial charge in [-0.05, 0) is 39.5 Å². The number of ether oxygens (including phenoxy) is 1. The molecule has 0 aromatic heterocycles. The number of benzene rings is 1. The first-order chi connectivity index (χ1) is 8.63. The predicted octanol–water partition coefficient (Wildman–Crippen LogP) is 2.23. The van der Waals surface area contributed by atoms with E-state index in [0.29, 0.717) is 5.56 Å². The number of methoxy groups -OCH3 is 1. The molecular weight excluding hydrogens is 238 g/mol. The molecule has 1 aromatic carbocycles. The number of rotatable bonds is 7. The van der Waals surface area contributed by atoms with Gasteiger partial charge in [0.1, 0.15) is 5.82 Å². The fourth-order valence-electron chi connectivity index (χ4n) is 1.91. The Kier molecular flexibility index (Phi) is 6.01. The quantitative estimate of drug-likeness (QED) is 0.736. The van der Waals surface area contributed by atoms with Crippen LogP contribution in [0.1, 0.15) is 24.4 Å². The maximum absolute atomic E-state index is 13.9. The van der Waals surface area contributed by atoms with Gasteiger partial charge in [0.2, 0.25) is 0 Å². The van der Waals surface area contributed by atoms with E-state index in [1.807, 2.05) is 7.05 Å². The summed E-state index contributed by atoms with van der Waals surface area (Å²) < 4.78 is 32.2. The molecule has 1 rings (SSSR count). The Balaban J connectivity index is 2.88. The van der Waals surface area contributed by atoms with E-state index in [9.17, 15) is 8.78 Å². The summed E-state index contributed by atoms with van der Waals surface area (Å²) in [6, 6.07) is 2.10. The zero-order valence-electron chi connectivity index (χ0n) is 11.0. The van der Waals surface area contributed by atoms with Crippen LogP contribution in [-0.2, 0) is 0 Å². The fraction of sp³-hybridized carbons (Fsp3) is 0.538.